The van der Waals surface area contributed by atoms with Crippen molar-refractivity contribution in [2.24, 2.45) is 0 Å². The Balaban J connectivity index is 1.43. The summed E-state index contributed by atoms with van der Waals surface area (Å²) in [5.41, 5.74) is -0.372. The molecule has 0 bridgehead atoms. The number of pyridine rings is 1. The molecule has 28 heavy (non-hydrogen) atoms. The van der Waals surface area contributed by atoms with E-state index in [0.29, 0.717) is 19.6 Å². The van der Waals surface area contributed by atoms with E-state index in [-0.39, 0.29) is 17.4 Å². The van der Waals surface area contributed by atoms with Gasteiger partial charge in [-0.25, -0.2) is 9.78 Å². The number of aromatic amines is 2. The average molecular weight is 380 g/mol. The number of carbonyl (C=O) groups is 1. The Hall–Kier alpha value is -3.49. The van der Waals surface area contributed by atoms with Crippen LogP contribution in [0.25, 0.3) is 0 Å². The number of imidazole rings is 1. The van der Waals surface area contributed by atoms with Gasteiger partial charge in [-0.3, -0.25) is 19.6 Å². The summed E-state index contributed by atoms with van der Waals surface area (Å²) >= 11 is 0. The molecule has 1 amide bonds. The number of H-pyrrole nitrogens is 2. The van der Waals surface area contributed by atoms with E-state index in [0.717, 1.165) is 24.4 Å². The van der Waals surface area contributed by atoms with E-state index in [9.17, 15) is 14.4 Å². The molecule has 1 saturated heterocycles. The largest absolute Gasteiger partial charge is 0.338 e. The number of aromatic nitrogens is 5. The maximum Gasteiger partial charge on any atom is 0.325 e. The molecule has 1 fully saturated rings. The highest BCUT2D eigenvalue weighted by Crippen LogP contribution is 2.27. The molecule has 1 aliphatic rings. The number of carbonyl (C=O) groups excluding carboxylic acids is 1. The molecule has 4 rings (SSSR count). The maximum atomic E-state index is 12.6. The first-order chi connectivity index (χ1) is 13.6. The van der Waals surface area contributed by atoms with Crippen LogP contribution in [0.3, 0.4) is 0 Å². The molecular weight excluding hydrogens is 360 g/mol. The number of nitrogens with one attached hydrogen (secondary N) is 2. The molecule has 0 radical (unpaired) electrons. The normalized spacial score (nSPS) is 14.9. The van der Waals surface area contributed by atoms with Gasteiger partial charge in [0.2, 0.25) is 0 Å². The molecule has 9 nitrogen and oxygen atoms in total. The fourth-order valence-electron chi connectivity index (χ4n) is 3.56. The molecular formula is C19H20N6O3. The Labute approximate surface area is 160 Å². The summed E-state index contributed by atoms with van der Waals surface area (Å²) in [6, 6.07) is 5.83. The molecule has 0 aliphatic carbocycles. The van der Waals surface area contributed by atoms with Crippen molar-refractivity contribution in [2.45, 2.75) is 25.3 Å². The van der Waals surface area contributed by atoms with Crippen molar-refractivity contribution >= 4 is 5.91 Å². The predicted octanol–water partition coefficient (Wildman–Crippen LogP) is 0.723. The van der Waals surface area contributed by atoms with Crippen molar-refractivity contribution in [1.29, 1.82) is 0 Å². The van der Waals surface area contributed by atoms with Crippen LogP contribution in [0.2, 0.25) is 0 Å². The first kappa shape index (κ1) is 17.9. The van der Waals surface area contributed by atoms with Crippen LogP contribution < -0.4 is 11.2 Å². The number of hydrogen-bond acceptors (Lipinski definition) is 5. The van der Waals surface area contributed by atoms with E-state index >= 15 is 0 Å². The molecule has 9 heteroatoms. The van der Waals surface area contributed by atoms with Gasteiger partial charge in [0.25, 0.3) is 11.5 Å². The molecule has 0 aromatic carbocycles. The van der Waals surface area contributed by atoms with Crippen LogP contribution in [0.15, 0.2) is 52.6 Å². The lowest BCUT2D eigenvalue weighted by molar-refractivity contribution is 0.0708. The van der Waals surface area contributed by atoms with Gasteiger partial charge in [-0.15, -0.1) is 0 Å². The zero-order valence-electron chi connectivity index (χ0n) is 15.2. The summed E-state index contributed by atoms with van der Waals surface area (Å²) < 4.78 is 2.09. The molecule has 0 saturated carbocycles. The minimum atomic E-state index is -0.665. The highest BCUT2D eigenvalue weighted by atomic mass is 16.2. The second kappa shape index (κ2) is 7.63. The van der Waals surface area contributed by atoms with Gasteiger partial charge in [0.15, 0.2) is 0 Å². The zero-order valence-corrected chi connectivity index (χ0v) is 15.2. The van der Waals surface area contributed by atoms with Gasteiger partial charge in [0.05, 0.1) is 12.2 Å². The maximum absolute atomic E-state index is 12.6. The number of piperidine rings is 1. The standard InChI is InChI=1S/C19H20N6O3/c26-17-15(11-22-19(28)23-17)18(27)24-8-4-13(5-9-24)16-21-7-10-25(16)12-14-3-1-2-6-20-14/h1-3,6-7,10-11,13H,4-5,8-9,12H2,(H2,22,23,26,28). The SMILES string of the molecule is O=C(c1c[nH]c(=O)[nH]c1=O)N1CCC(c2nccn2Cc2ccccn2)CC1. The Morgan fingerprint density at radius 3 is 2.68 bits per heavy atom. The second-order valence-electron chi connectivity index (χ2n) is 6.79. The summed E-state index contributed by atoms with van der Waals surface area (Å²) in [6.45, 7) is 1.71. The first-order valence-electron chi connectivity index (χ1n) is 9.14. The minimum Gasteiger partial charge on any atom is -0.338 e. The fourth-order valence-corrected chi connectivity index (χ4v) is 3.56. The number of amides is 1. The van der Waals surface area contributed by atoms with Crippen molar-refractivity contribution in [3.63, 3.8) is 0 Å². The lowest BCUT2D eigenvalue weighted by Crippen LogP contribution is -2.41. The van der Waals surface area contributed by atoms with Gasteiger partial charge in [-0.2, -0.15) is 0 Å². The van der Waals surface area contributed by atoms with Crippen LogP contribution in [-0.4, -0.2) is 48.4 Å². The smallest absolute Gasteiger partial charge is 0.325 e. The van der Waals surface area contributed by atoms with Gasteiger partial charge in [0, 0.05) is 43.8 Å². The van der Waals surface area contributed by atoms with Crippen LogP contribution in [0.1, 0.15) is 40.6 Å². The van der Waals surface area contributed by atoms with Crippen molar-refractivity contribution in [1.82, 2.24) is 29.4 Å². The van der Waals surface area contributed by atoms with Crippen LogP contribution >= 0.6 is 0 Å². The number of nitrogens with zero attached hydrogens (tertiary/aromatic N) is 4. The Morgan fingerprint density at radius 1 is 1.14 bits per heavy atom. The molecule has 2 N–H and O–H groups in total. The summed E-state index contributed by atoms with van der Waals surface area (Å²) in [5.74, 6) is 0.851. The number of hydrogen-bond donors (Lipinski definition) is 2. The molecule has 0 unspecified atom stereocenters. The van der Waals surface area contributed by atoms with Crippen LogP contribution in [0.5, 0.6) is 0 Å². The zero-order chi connectivity index (χ0) is 19.5. The van der Waals surface area contributed by atoms with E-state index in [1.807, 2.05) is 24.4 Å². The Morgan fingerprint density at radius 2 is 1.96 bits per heavy atom. The second-order valence-corrected chi connectivity index (χ2v) is 6.79. The van der Waals surface area contributed by atoms with Crippen molar-refractivity contribution in [3.8, 4) is 0 Å². The number of rotatable bonds is 4. The van der Waals surface area contributed by atoms with Gasteiger partial charge in [-0.1, -0.05) is 6.07 Å². The highest BCUT2D eigenvalue weighted by Gasteiger charge is 2.28. The summed E-state index contributed by atoms with van der Waals surface area (Å²) in [6.07, 6.45) is 8.19. The van der Waals surface area contributed by atoms with Gasteiger partial charge >= 0.3 is 5.69 Å². The third-order valence-corrected chi connectivity index (χ3v) is 5.00. The van der Waals surface area contributed by atoms with E-state index in [4.69, 9.17) is 0 Å². The monoisotopic (exact) mass is 380 g/mol. The molecule has 3 aromatic rings. The molecule has 144 valence electrons. The molecule has 1 aliphatic heterocycles. The van der Waals surface area contributed by atoms with E-state index in [1.54, 1.807) is 17.3 Å². The summed E-state index contributed by atoms with van der Waals surface area (Å²) in [7, 11) is 0. The predicted molar refractivity (Wildman–Crippen MR) is 101 cm³/mol. The van der Waals surface area contributed by atoms with Gasteiger partial charge < -0.3 is 14.5 Å². The molecule has 4 heterocycles. The average Bonchev–Trinajstić information content (AvgIpc) is 3.16. The number of likely N-dealkylation sites (tertiary alicyclic amines) is 1. The molecule has 0 atom stereocenters. The molecule has 0 spiro atoms. The van der Waals surface area contributed by atoms with Gasteiger partial charge in [-0.05, 0) is 25.0 Å². The topological polar surface area (TPSA) is 117 Å². The van der Waals surface area contributed by atoms with Crippen molar-refractivity contribution < 1.29 is 4.79 Å². The van der Waals surface area contributed by atoms with E-state index in [2.05, 4.69) is 24.5 Å². The Bertz CT molecular complexity index is 1080. The van der Waals surface area contributed by atoms with Crippen LogP contribution in [0.4, 0.5) is 0 Å². The van der Waals surface area contributed by atoms with Crippen LogP contribution in [0, 0.1) is 0 Å². The van der Waals surface area contributed by atoms with E-state index < -0.39 is 11.2 Å². The summed E-state index contributed by atoms with van der Waals surface area (Å²) in [5, 5.41) is 0. The lowest BCUT2D eigenvalue weighted by atomic mass is 9.95. The minimum absolute atomic E-state index is 0.0466. The third-order valence-electron chi connectivity index (χ3n) is 5.00. The van der Waals surface area contributed by atoms with Gasteiger partial charge in [0.1, 0.15) is 11.4 Å². The first-order valence-corrected chi connectivity index (χ1v) is 9.14. The van der Waals surface area contributed by atoms with E-state index in [1.165, 1.54) is 6.20 Å². The third kappa shape index (κ3) is 3.64. The van der Waals surface area contributed by atoms with Crippen LogP contribution in [-0.2, 0) is 6.54 Å². The lowest BCUT2D eigenvalue weighted by Gasteiger charge is -2.31. The quantitative estimate of drug-likeness (QED) is 0.692. The Kier molecular flexibility index (Phi) is 4.88. The summed E-state index contributed by atoms with van der Waals surface area (Å²) in [4.78, 5) is 50.5. The highest BCUT2D eigenvalue weighted by molar-refractivity contribution is 5.93. The van der Waals surface area contributed by atoms with Crippen molar-refractivity contribution in [3.05, 3.63) is 80.9 Å². The fraction of sp³-hybridized carbons (Fsp3) is 0.316. The van der Waals surface area contributed by atoms with Crippen molar-refractivity contribution in [2.75, 3.05) is 13.1 Å². The molecule has 3 aromatic heterocycles.